The van der Waals surface area contributed by atoms with Crippen LogP contribution >= 0.6 is 0 Å². The summed E-state index contributed by atoms with van der Waals surface area (Å²) in [5, 5.41) is 0. The van der Waals surface area contributed by atoms with Crippen LogP contribution < -0.4 is 0 Å². The van der Waals surface area contributed by atoms with Crippen molar-refractivity contribution >= 4 is 5.78 Å². The Morgan fingerprint density at radius 3 is 3.17 bits per heavy atom. The molecule has 2 heteroatoms. The molecule has 1 unspecified atom stereocenters. The van der Waals surface area contributed by atoms with E-state index in [0.717, 1.165) is 11.4 Å². The molecule has 0 fully saturated rings. The Bertz CT molecular complexity index is 385. The largest absolute Gasteiger partial charge is 0.315 e. The zero-order chi connectivity index (χ0) is 8.13. The third-order valence-corrected chi connectivity index (χ3v) is 2.41. The van der Waals surface area contributed by atoms with Gasteiger partial charge < -0.3 is 4.90 Å². The average molecular weight is 157 g/mol. The molecule has 0 saturated heterocycles. The molecule has 0 aromatic carbocycles. The van der Waals surface area contributed by atoms with E-state index in [9.17, 15) is 4.79 Å². The molecule has 0 saturated carbocycles. The van der Waals surface area contributed by atoms with E-state index >= 15 is 0 Å². The molecular weight excluding hydrogens is 150 g/mol. The van der Waals surface area contributed by atoms with Gasteiger partial charge in [0.15, 0.2) is 5.78 Å². The molecule has 4 bridgehead atoms. The van der Waals surface area contributed by atoms with Gasteiger partial charge in [-0.1, -0.05) is 12.2 Å². The van der Waals surface area contributed by atoms with Crippen LogP contribution in [0.5, 0.6) is 0 Å². The van der Waals surface area contributed by atoms with E-state index in [1.165, 1.54) is 0 Å². The van der Waals surface area contributed by atoms with E-state index < -0.39 is 0 Å². The first-order chi connectivity index (χ1) is 5.86. The molecule has 4 heterocycles. The molecule has 0 amide bonds. The standard InChI is InChI=1S/C10H7NO/c12-10-7-4-5-11-8(6-7)2-1-3-9(10)11/h1-7H. The van der Waals surface area contributed by atoms with Crippen molar-refractivity contribution in [2.45, 2.75) is 0 Å². The lowest BCUT2D eigenvalue weighted by atomic mass is 9.89. The van der Waals surface area contributed by atoms with Crippen LogP contribution in [0.3, 0.4) is 0 Å². The molecule has 4 aliphatic rings. The van der Waals surface area contributed by atoms with Gasteiger partial charge in [0.05, 0.1) is 11.6 Å². The van der Waals surface area contributed by atoms with Crippen LogP contribution in [-0.2, 0) is 4.79 Å². The third kappa shape index (κ3) is 0.537. The van der Waals surface area contributed by atoms with E-state index in [1.54, 1.807) is 0 Å². The first-order valence-electron chi connectivity index (χ1n) is 3.98. The Balaban J connectivity index is 2.31. The summed E-state index contributed by atoms with van der Waals surface area (Å²) in [5.74, 6) is 0.201. The second-order valence-corrected chi connectivity index (χ2v) is 3.10. The Labute approximate surface area is 70.2 Å². The summed E-state index contributed by atoms with van der Waals surface area (Å²) in [7, 11) is 0. The minimum atomic E-state index is -0.0128. The van der Waals surface area contributed by atoms with Crippen LogP contribution in [0.25, 0.3) is 0 Å². The predicted octanol–water partition coefficient (Wildman–Crippen LogP) is 1.35. The van der Waals surface area contributed by atoms with Crippen molar-refractivity contribution in [2.75, 3.05) is 0 Å². The highest BCUT2D eigenvalue weighted by atomic mass is 16.1. The number of hydrogen-bond donors (Lipinski definition) is 0. The fraction of sp³-hybridized carbons (Fsp3) is 0.100. The summed E-state index contributed by atoms with van der Waals surface area (Å²) in [5.41, 5.74) is 1.93. The van der Waals surface area contributed by atoms with Gasteiger partial charge in [0.25, 0.3) is 0 Å². The maximum atomic E-state index is 11.6. The Morgan fingerprint density at radius 1 is 1.42 bits per heavy atom. The number of Topliss-reactive ketones (excluding diaryl/α,β-unsaturated/α-hetero) is 1. The maximum Gasteiger partial charge on any atom is 0.190 e. The van der Waals surface area contributed by atoms with Gasteiger partial charge >= 0.3 is 0 Å². The van der Waals surface area contributed by atoms with Crippen LogP contribution in [-0.4, -0.2) is 10.7 Å². The van der Waals surface area contributed by atoms with Crippen molar-refractivity contribution in [1.29, 1.82) is 0 Å². The molecule has 0 aromatic heterocycles. The zero-order valence-electron chi connectivity index (χ0n) is 6.40. The second-order valence-electron chi connectivity index (χ2n) is 3.10. The summed E-state index contributed by atoms with van der Waals surface area (Å²) < 4.78 is 0. The van der Waals surface area contributed by atoms with Gasteiger partial charge in [-0.3, -0.25) is 4.79 Å². The van der Waals surface area contributed by atoms with Crippen molar-refractivity contribution < 1.29 is 4.79 Å². The van der Waals surface area contributed by atoms with Crippen LogP contribution in [0.2, 0.25) is 0 Å². The fourth-order valence-corrected chi connectivity index (χ4v) is 1.79. The quantitative estimate of drug-likeness (QED) is 0.529. The smallest absolute Gasteiger partial charge is 0.190 e. The minimum absolute atomic E-state index is 0.0128. The molecular formula is C10H7NO. The highest BCUT2D eigenvalue weighted by molar-refractivity contribution is 6.02. The number of ketones is 1. The Morgan fingerprint density at radius 2 is 2.33 bits per heavy atom. The second kappa shape index (κ2) is 1.78. The van der Waals surface area contributed by atoms with E-state index in [-0.39, 0.29) is 11.7 Å². The van der Waals surface area contributed by atoms with Gasteiger partial charge in [0, 0.05) is 11.9 Å². The highest BCUT2D eigenvalue weighted by Crippen LogP contribution is 2.34. The number of carbonyl (C=O) groups is 1. The molecule has 0 N–H and O–H groups in total. The minimum Gasteiger partial charge on any atom is -0.315 e. The lowest BCUT2D eigenvalue weighted by Crippen LogP contribution is -2.35. The number of allylic oxidation sites excluding steroid dienone is 6. The SMILES string of the molecule is O=C1C2=CC=CC3=CC1C=CN32. The van der Waals surface area contributed by atoms with E-state index in [1.807, 2.05) is 41.5 Å². The number of hydrogen-bond acceptors (Lipinski definition) is 2. The zero-order valence-corrected chi connectivity index (χ0v) is 6.40. The number of rotatable bonds is 0. The lowest BCUT2D eigenvalue weighted by Gasteiger charge is -2.36. The third-order valence-electron chi connectivity index (χ3n) is 2.41. The van der Waals surface area contributed by atoms with E-state index in [4.69, 9.17) is 0 Å². The summed E-state index contributed by atoms with van der Waals surface area (Å²) in [6, 6.07) is 0. The van der Waals surface area contributed by atoms with Gasteiger partial charge in [0.2, 0.25) is 0 Å². The Kier molecular flexibility index (Phi) is 0.888. The van der Waals surface area contributed by atoms with Gasteiger partial charge in [-0.25, -0.2) is 0 Å². The molecule has 0 spiro atoms. The van der Waals surface area contributed by atoms with Crippen LogP contribution in [0, 0.1) is 5.92 Å². The fourth-order valence-electron chi connectivity index (χ4n) is 1.79. The number of nitrogens with zero attached hydrogens (tertiary/aromatic N) is 1. The summed E-state index contributed by atoms with van der Waals surface area (Å²) >= 11 is 0. The van der Waals surface area contributed by atoms with Gasteiger partial charge in [0.1, 0.15) is 0 Å². The molecule has 0 aliphatic carbocycles. The van der Waals surface area contributed by atoms with Crippen molar-refractivity contribution in [2.24, 2.45) is 5.92 Å². The summed E-state index contributed by atoms with van der Waals surface area (Å²) in [6.45, 7) is 0. The molecule has 1 atom stereocenters. The average Bonchev–Trinajstić information content (AvgIpc) is 2.13. The first kappa shape index (κ1) is 6.00. The topological polar surface area (TPSA) is 20.3 Å². The summed E-state index contributed by atoms with van der Waals surface area (Å²) in [4.78, 5) is 13.5. The van der Waals surface area contributed by atoms with Crippen LogP contribution in [0.4, 0.5) is 0 Å². The van der Waals surface area contributed by atoms with Crippen molar-refractivity contribution in [3.05, 3.63) is 48.0 Å². The monoisotopic (exact) mass is 157 g/mol. The molecule has 2 nitrogen and oxygen atoms in total. The maximum absolute atomic E-state index is 11.6. The van der Waals surface area contributed by atoms with Crippen molar-refractivity contribution in [1.82, 2.24) is 4.90 Å². The highest BCUT2D eigenvalue weighted by Gasteiger charge is 2.33. The normalized spacial score (nSPS) is 29.2. The molecule has 58 valence electrons. The van der Waals surface area contributed by atoms with Crippen LogP contribution in [0.15, 0.2) is 48.0 Å². The summed E-state index contributed by atoms with van der Waals surface area (Å²) in [6.07, 6.45) is 11.7. The molecule has 0 aromatic rings. The number of carbonyl (C=O) groups excluding carboxylic acids is 1. The Hall–Kier alpha value is -1.57. The lowest BCUT2D eigenvalue weighted by molar-refractivity contribution is -0.118. The first-order valence-corrected chi connectivity index (χ1v) is 3.98. The molecule has 0 radical (unpaired) electrons. The van der Waals surface area contributed by atoms with Gasteiger partial charge in [-0.05, 0) is 18.2 Å². The van der Waals surface area contributed by atoms with E-state index in [2.05, 4.69) is 0 Å². The predicted molar refractivity (Wildman–Crippen MR) is 44.8 cm³/mol. The van der Waals surface area contributed by atoms with Crippen LogP contribution in [0.1, 0.15) is 0 Å². The van der Waals surface area contributed by atoms with Gasteiger partial charge in [-0.15, -0.1) is 0 Å². The molecule has 4 rings (SSSR count). The van der Waals surface area contributed by atoms with Crippen molar-refractivity contribution in [3.8, 4) is 0 Å². The van der Waals surface area contributed by atoms with Gasteiger partial charge in [-0.2, -0.15) is 0 Å². The molecule has 12 heavy (non-hydrogen) atoms. The van der Waals surface area contributed by atoms with Crippen molar-refractivity contribution in [3.63, 3.8) is 0 Å². The van der Waals surface area contributed by atoms with E-state index in [0.29, 0.717) is 0 Å². The molecule has 4 aliphatic heterocycles.